The van der Waals surface area contributed by atoms with Crippen LogP contribution < -0.4 is 5.32 Å². The third kappa shape index (κ3) is 7.25. The Morgan fingerprint density at radius 1 is 1.07 bits per heavy atom. The van der Waals surface area contributed by atoms with Crippen LogP contribution in [0, 0.1) is 0 Å². The first kappa shape index (κ1) is 23.6. The molecule has 0 aliphatic carbocycles. The van der Waals surface area contributed by atoms with Gasteiger partial charge in [0.05, 0.1) is 0 Å². The molecule has 0 saturated carbocycles. The molecule has 0 saturated heterocycles. The summed E-state index contributed by atoms with van der Waals surface area (Å²) in [6, 6.07) is 14.4. The number of carbonyl (C=O) groups excluding carboxylic acids is 2. The Hall–Kier alpha value is -1.69. The first-order chi connectivity index (χ1) is 14.0. The lowest BCUT2D eigenvalue weighted by molar-refractivity contribution is -0.141. The number of likely N-dealkylation sites (N-methyl/N-ethyl adjacent to an activating group) is 1. The van der Waals surface area contributed by atoms with Crippen molar-refractivity contribution in [1.29, 1.82) is 0 Å². The predicted molar refractivity (Wildman–Crippen MR) is 122 cm³/mol. The minimum atomic E-state index is -0.528. The first-order valence-electron chi connectivity index (χ1n) is 9.65. The van der Waals surface area contributed by atoms with Crippen molar-refractivity contribution in [2.45, 2.75) is 44.2 Å². The van der Waals surface area contributed by atoms with Crippen LogP contribution >= 0.6 is 35.0 Å². The van der Waals surface area contributed by atoms with Gasteiger partial charge in [0.1, 0.15) is 6.04 Å². The van der Waals surface area contributed by atoms with Crippen molar-refractivity contribution >= 4 is 46.8 Å². The minimum Gasteiger partial charge on any atom is -0.355 e. The lowest BCUT2D eigenvalue weighted by atomic mass is 10.1. The molecular formula is C22H26Cl2N2O2S. The maximum absolute atomic E-state index is 13.1. The second kappa shape index (κ2) is 12.1. The molecule has 2 aromatic rings. The highest BCUT2D eigenvalue weighted by Gasteiger charge is 2.28. The topological polar surface area (TPSA) is 49.4 Å². The maximum atomic E-state index is 13.1. The summed E-state index contributed by atoms with van der Waals surface area (Å²) in [7, 11) is 0. The summed E-state index contributed by atoms with van der Waals surface area (Å²) in [6.07, 6.45) is 0.861. The van der Waals surface area contributed by atoms with E-state index in [0.29, 0.717) is 41.7 Å². The number of nitrogens with zero attached hydrogens (tertiary/aromatic N) is 1. The second-order valence-corrected chi connectivity index (χ2v) is 8.50. The van der Waals surface area contributed by atoms with E-state index < -0.39 is 6.04 Å². The molecule has 0 unspecified atom stereocenters. The zero-order valence-electron chi connectivity index (χ0n) is 16.7. The Labute approximate surface area is 187 Å². The van der Waals surface area contributed by atoms with Gasteiger partial charge in [-0.25, -0.2) is 0 Å². The van der Waals surface area contributed by atoms with Crippen molar-refractivity contribution in [1.82, 2.24) is 10.2 Å². The number of thioether (sulfide) groups is 1. The van der Waals surface area contributed by atoms with Crippen molar-refractivity contribution in [3.8, 4) is 0 Å². The molecule has 0 spiro atoms. The van der Waals surface area contributed by atoms with E-state index in [2.05, 4.69) is 5.32 Å². The SMILES string of the molecule is CCNC(=O)[C@H](CC)N(Cc1ccccc1Cl)C(=O)CCSc1ccc(Cl)cc1. The molecule has 2 rings (SSSR count). The number of nitrogens with one attached hydrogen (secondary N) is 1. The molecule has 0 aliphatic rings. The fourth-order valence-electron chi connectivity index (χ4n) is 2.95. The van der Waals surface area contributed by atoms with Gasteiger partial charge in [0, 0.05) is 40.2 Å². The van der Waals surface area contributed by atoms with Gasteiger partial charge in [-0.15, -0.1) is 11.8 Å². The first-order valence-corrected chi connectivity index (χ1v) is 11.4. The Bertz CT molecular complexity index is 815. The van der Waals surface area contributed by atoms with Crippen LogP contribution in [-0.2, 0) is 16.1 Å². The van der Waals surface area contributed by atoms with Gasteiger partial charge < -0.3 is 10.2 Å². The number of halogens is 2. The Morgan fingerprint density at radius 2 is 1.76 bits per heavy atom. The van der Waals surface area contributed by atoms with Crippen LogP contribution in [0.4, 0.5) is 0 Å². The third-order valence-electron chi connectivity index (χ3n) is 4.43. The summed E-state index contributed by atoms with van der Waals surface area (Å²) in [5, 5.41) is 4.11. The monoisotopic (exact) mass is 452 g/mol. The molecule has 0 aromatic heterocycles. The number of hydrogen-bond acceptors (Lipinski definition) is 3. The molecule has 4 nitrogen and oxygen atoms in total. The summed E-state index contributed by atoms with van der Waals surface area (Å²) in [5.74, 6) is 0.413. The van der Waals surface area contributed by atoms with Crippen LogP contribution in [0.1, 0.15) is 32.3 Å². The van der Waals surface area contributed by atoms with E-state index in [1.807, 2.05) is 56.3 Å². The number of benzene rings is 2. The fraction of sp³-hybridized carbons (Fsp3) is 0.364. The Kier molecular flexibility index (Phi) is 9.85. The van der Waals surface area contributed by atoms with Crippen LogP contribution in [0.3, 0.4) is 0 Å². The van der Waals surface area contributed by atoms with Crippen LogP contribution in [0.15, 0.2) is 53.4 Å². The number of amides is 2. The van der Waals surface area contributed by atoms with Crippen molar-refractivity contribution in [2.75, 3.05) is 12.3 Å². The lowest BCUT2D eigenvalue weighted by Crippen LogP contribution is -2.49. The Balaban J connectivity index is 2.11. The molecule has 0 aliphatic heterocycles. The molecule has 2 aromatic carbocycles. The van der Waals surface area contributed by atoms with E-state index >= 15 is 0 Å². The largest absolute Gasteiger partial charge is 0.355 e. The van der Waals surface area contributed by atoms with Crippen molar-refractivity contribution < 1.29 is 9.59 Å². The third-order valence-corrected chi connectivity index (χ3v) is 6.07. The van der Waals surface area contributed by atoms with E-state index in [-0.39, 0.29) is 11.8 Å². The summed E-state index contributed by atoms with van der Waals surface area (Å²) in [4.78, 5) is 28.3. The zero-order valence-corrected chi connectivity index (χ0v) is 19.0. The average Bonchev–Trinajstić information content (AvgIpc) is 2.71. The van der Waals surface area contributed by atoms with Gasteiger partial charge in [0.15, 0.2) is 0 Å². The molecule has 0 fully saturated rings. The van der Waals surface area contributed by atoms with Gasteiger partial charge in [-0.1, -0.05) is 48.3 Å². The van der Waals surface area contributed by atoms with E-state index in [9.17, 15) is 9.59 Å². The van der Waals surface area contributed by atoms with E-state index in [0.717, 1.165) is 10.5 Å². The van der Waals surface area contributed by atoms with Crippen molar-refractivity contribution in [3.63, 3.8) is 0 Å². The summed E-state index contributed by atoms with van der Waals surface area (Å²) < 4.78 is 0. The minimum absolute atomic E-state index is 0.0653. The summed E-state index contributed by atoms with van der Waals surface area (Å²) in [6.45, 7) is 4.61. The molecule has 0 heterocycles. The van der Waals surface area contributed by atoms with Crippen LogP contribution in [0.5, 0.6) is 0 Å². The van der Waals surface area contributed by atoms with Crippen LogP contribution in [0.2, 0.25) is 10.0 Å². The van der Waals surface area contributed by atoms with E-state index in [1.54, 1.807) is 22.7 Å². The quantitative estimate of drug-likeness (QED) is 0.489. The van der Waals surface area contributed by atoms with Gasteiger partial charge >= 0.3 is 0 Å². The zero-order chi connectivity index (χ0) is 21.2. The molecule has 1 atom stereocenters. The average molecular weight is 453 g/mol. The fourth-order valence-corrected chi connectivity index (χ4v) is 4.11. The van der Waals surface area contributed by atoms with Gasteiger partial charge in [-0.05, 0) is 49.2 Å². The van der Waals surface area contributed by atoms with Crippen molar-refractivity contribution in [2.24, 2.45) is 0 Å². The standard InChI is InChI=1S/C22H26Cl2N2O2S/c1-3-20(22(28)25-4-2)26(15-16-7-5-6-8-19(16)24)21(27)13-14-29-18-11-9-17(23)10-12-18/h5-12,20H,3-4,13-15H2,1-2H3,(H,25,28)/t20-/m0/s1. The molecule has 2 amide bonds. The predicted octanol–water partition coefficient (Wildman–Crippen LogP) is 5.42. The molecule has 7 heteroatoms. The molecule has 0 radical (unpaired) electrons. The molecule has 156 valence electrons. The number of carbonyl (C=O) groups is 2. The lowest BCUT2D eigenvalue weighted by Gasteiger charge is -2.31. The summed E-state index contributed by atoms with van der Waals surface area (Å²) >= 11 is 13.8. The maximum Gasteiger partial charge on any atom is 0.242 e. The summed E-state index contributed by atoms with van der Waals surface area (Å²) in [5.41, 5.74) is 0.829. The normalized spacial score (nSPS) is 11.7. The van der Waals surface area contributed by atoms with Gasteiger partial charge in [-0.3, -0.25) is 9.59 Å². The molecular weight excluding hydrogens is 427 g/mol. The smallest absolute Gasteiger partial charge is 0.242 e. The number of rotatable bonds is 10. The highest BCUT2D eigenvalue weighted by Crippen LogP contribution is 2.23. The van der Waals surface area contributed by atoms with Crippen LogP contribution in [-0.4, -0.2) is 35.1 Å². The van der Waals surface area contributed by atoms with Gasteiger partial charge in [0.2, 0.25) is 11.8 Å². The number of hydrogen-bond donors (Lipinski definition) is 1. The molecule has 29 heavy (non-hydrogen) atoms. The second-order valence-electron chi connectivity index (χ2n) is 6.48. The van der Waals surface area contributed by atoms with E-state index in [1.165, 1.54) is 0 Å². The molecule has 0 bridgehead atoms. The van der Waals surface area contributed by atoms with Crippen molar-refractivity contribution in [3.05, 3.63) is 64.1 Å². The van der Waals surface area contributed by atoms with Gasteiger partial charge in [-0.2, -0.15) is 0 Å². The Morgan fingerprint density at radius 3 is 2.38 bits per heavy atom. The van der Waals surface area contributed by atoms with E-state index in [4.69, 9.17) is 23.2 Å². The highest BCUT2D eigenvalue weighted by atomic mass is 35.5. The van der Waals surface area contributed by atoms with Gasteiger partial charge in [0.25, 0.3) is 0 Å². The molecule has 1 N–H and O–H groups in total. The highest BCUT2D eigenvalue weighted by molar-refractivity contribution is 7.99. The van der Waals surface area contributed by atoms with Crippen LogP contribution in [0.25, 0.3) is 0 Å².